The van der Waals surface area contributed by atoms with Crippen LogP contribution in [0.4, 0.5) is 10.3 Å². The van der Waals surface area contributed by atoms with E-state index in [2.05, 4.69) is 9.97 Å². The second-order valence-corrected chi connectivity index (χ2v) is 6.43. The number of hydrogen-bond acceptors (Lipinski definition) is 8. The van der Waals surface area contributed by atoms with Crippen molar-refractivity contribution >= 4 is 32.9 Å². The predicted octanol–water partition coefficient (Wildman–Crippen LogP) is 1.07. The monoisotopic (exact) mass is 314 g/mol. The van der Waals surface area contributed by atoms with Crippen LogP contribution >= 0.6 is 22.7 Å². The van der Waals surface area contributed by atoms with Crippen molar-refractivity contribution < 1.29 is 0 Å². The number of anilines is 2. The van der Waals surface area contributed by atoms with Gasteiger partial charge in [-0.2, -0.15) is 0 Å². The molecule has 0 saturated heterocycles. The molecule has 112 valence electrons. The topological polar surface area (TPSA) is 130 Å². The summed E-state index contributed by atoms with van der Waals surface area (Å²) in [5.41, 5.74) is 23.7. The maximum Gasteiger partial charge on any atom is 0.180 e. The van der Waals surface area contributed by atoms with E-state index in [-0.39, 0.29) is 0 Å². The summed E-state index contributed by atoms with van der Waals surface area (Å²) in [6.45, 7) is 5.25. The van der Waals surface area contributed by atoms with Crippen LogP contribution in [-0.4, -0.2) is 23.1 Å². The summed E-state index contributed by atoms with van der Waals surface area (Å²) in [6, 6.07) is 0. The van der Waals surface area contributed by atoms with Crippen molar-refractivity contribution in [3.8, 4) is 0 Å². The molecule has 0 bridgehead atoms. The van der Waals surface area contributed by atoms with Crippen LogP contribution in [0.2, 0.25) is 0 Å². The van der Waals surface area contributed by atoms with Gasteiger partial charge in [0.1, 0.15) is 0 Å². The highest BCUT2D eigenvalue weighted by molar-refractivity contribution is 7.15. The first kappa shape index (κ1) is 16.8. The third-order valence-electron chi connectivity index (χ3n) is 2.56. The summed E-state index contributed by atoms with van der Waals surface area (Å²) in [6.07, 6.45) is 1.78. The van der Waals surface area contributed by atoms with Gasteiger partial charge in [-0.15, -0.1) is 22.7 Å². The third-order valence-corrected chi connectivity index (χ3v) is 4.65. The average Bonchev–Trinajstić information content (AvgIpc) is 2.84. The summed E-state index contributed by atoms with van der Waals surface area (Å²) in [7, 11) is 0. The van der Waals surface area contributed by atoms with Gasteiger partial charge in [0, 0.05) is 9.75 Å². The Morgan fingerprint density at radius 1 is 0.800 bits per heavy atom. The van der Waals surface area contributed by atoms with E-state index in [9.17, 15) is 0 Å². The zero-order chi connectivity index (χ0) is 15.1. The first-order chi connectivity index (χ1) is 9.47. The lowest BCUT2D eigenvalue weighted by atomic mass is 10.3. The van der Waals surface area contributed by atoms with Crippen LogP contribution in [0.5, 0.6) is 0 Å². The highest BCUT2D eigenvalue weighted by atomic mass is 32.1. The molecule has 0 aliphatic rings. The molecule has 8 N–H and O–H groups in total. The van der Waals surface area contributed by atoms with Crippen LogP contribution in [-0.2, 0) is 12.8 Å². The maximum atomic E-state index is 5.48. The molecule has 2 rings (SSSR count). The molecule has 20 heavy (non-hydrogen) atoms. The van der Waals surface area contributed by atoms with Crippen molar-refractivity contribution in [3.05, 3.63) is 21.1 Å². The number of hydrogen-bond donors (Lipinski definition) is 4. The standard InChI is InChI=1S/2C6H11N3S/c2*1-4-5(2-3-7)10-6(8)9-4/h2*2-3,7H2,1H3,(H2,8,9). The molecule has 0 spiro atoms. The van der Waals surface area contributed by atoms with E-state index in [1.807, 2.05) is 13.8 Å². The van der Waals surface area contributed by atoms with E-state index in [1.165, 1.54) is 32.4 Å². The van der Waals surface area contributed by atoms with E-state index in [0.717, 1.165) is 24.2 Å². The molecule has 0 unspecified atom stereocenters. The molecule has 0 fully saturated rings. The number of nitrogens with two attached hydrogens (primary N) is 4. The molecule has 0 aromatic carbocycles. The molecule has 2 aromatic heterocycles. The minimum atomic E-state index is 0.640. The van der Waals surface area contributed by atoms with Gasteiger partial charge >= 0.3 is 0 Å². The first-order valence-electron chi connectivity index (χ1n) is 6.31. The van der Waals surface area contributed by atoms with Crippen LogP contribution < -0.4 is 22.9 Å². The second kappa shape index (κ2) is 8.15. The molecule has 0 atom stereocenters. The minimum Gasteiger partial charge on any atom is -0.375 e. The van der Waals surface area contributed by atoms with Gasteiger partial charge in [0.25, 0.3) is 0 Å². The van der Waals surface area contributed by atoms with Gasteiger partial charge in [-0.05, 0) is 39.8 Å². The fourth-order valence-electron chi connectivity index (χ4n) is 1.63. The van der Waals surface area contributed by atoms with Crippen LogP contribution in [0.3, 0.4) is 0 Å². The van der Waals surface area contributed by atoms with Crippen molar-refractivity contribution in [1.29, 1.82) is 0 Å². The molecule has 2 heterocycles. The van der Waals surface area contributed by atoms with Gasteiger partial charge in [-0.1, -0.05) is 0 Å². The minimum absolute atomic E-state index is 0.640. The summed E-state index contributed by atoms with van der Waals surface area (Å²) < 4.78 is 0. The number of thiazole rings is 2. The molecule has 0 amide bonds. The zero-order valence-electron chi connectivity index (χ0n) is 11.8. The number of aromatic nitrogens is 2. The lowest BCUT2D eigenvalue weighted by molar-refractivity contribution is 0.970. The highest BCUT2D eigenvalue weighted by Crippen LogP contribution is 2.19. The third kappa shape index (κ3) is 5.04. The average molecular weight is 314 g/mol. The van der Waals surface area contributed by atoms with Gasteiger partial charge < -0.3 is 22.9 Å². The maximum absolute atomic E-state index is 5.48. The lowest BCUT2D eigenvalue weighted by Gasteiger charge is -1.90. The van der Waals surface area contributed by atoms with Crippen molar-refractivity contribution in [3.63, 3.8) is 0 Å². The van der Waals surface area contributed by atoms with Gasteiger partial charge in [0.2, 0.25) is 0 Å². The molecule has 0 saturated carbocycles. The molecular weight excluding hydrogens is 292 g/mol. The lowest BCUT2D eigenvalue weighted by Crippen LogP contribution is -2.01. The molecule has 0 radical (unpaired) electrons. The quantitative estimate of drug-likeness (QED) is 0.668. The Morgan fingerprint density at radius 2 is 1.15 bits per heavy atom. The largest absolute Gasteiger partial charge is 0.375 e. The van der Waals surface area contributed by atoms with E-state index in [0.29, 0.717) is 23.4 Å². The normalized spacial score (nSPS) is 10.2. The predicted molar refractivity (Wildman–Crippen MR) is 88.0 cm³/mol. The fourth-order valence-corrected chi connectivity index (χ4v) is 3.32. The summed E-state index contributed by atoms with van der Waals surface area (Å²) in [5, 5.41) is 1.28. The van der Waals surface area contributed by atoms with Gasteiger partial charge in [0.15, 0.2) is 10.3 Å². The Balaban J connectivity index is 0.000000200. The molecule has 0 aliphatic heterocycles. The van der Waals surface area contributed by atoms with Crippen molar-refractivity contribution in [2.75, 3.05) is 24.6 Å². The zero-order valence-corrected chi connectivity index (χ0v) is 13.5. The van der Waals surface area contributed by atoms with Crippen LogP contribution in [0.25, 0.3) is 0 Å². The first-order valence-corrected chi connectivity index (χ1v) is 7.94. The van der Waals surface area contributed by atoms with Crippen LogP contribution in [0.1, 0.15) is 21.1 Å². The summed E-state index contributed by atoms with van der Waals surface area (Å²) in [4.78, 5) is 10.6. The van der Waals surface area contributed by atoms with Crippen molar-refractivity contribution in [2.45, 2.75) is 26.7 Å². The SMILES string of the molecule is Cc1nc(N)sc1CCN.Cc1nc(N)sc1CCN. The molecule has 6 nitrogen and oxygen atoms in total. The smallest absolute Gasteiger partial charge is 0.180 e. The Kier molecular flexibility index (Phi) is 6.86. The Morgan fingerprint density at radius 3 is 1.35 bits per heavy atom. The fraction of sp³-hybridized carbons (Fsp3) is 0.500. The van der Waals surface area contributed by atoms with Gasteiger partial charge in [-0.3, -0.25) is 0 Å². The number of nitrogens with zero attached hydrogens (tertiary/aromatic N) is 2. The molecular formula is C12H22N6S2. The van der Waals surface area contributed by atoms with Crippen molar-refractivity contribution in [1.82, 2.24) is 9.97 Å². The number of rotatable bonds is 4. The van der Waals surface area contributed by atoms with Gasteiger partial charge in [0.05, 0.1) is 11.4 Å². The highest BCUT2D eigenvalue weighted by Gasteiger charge is 2.03. The number of nitrogen functional groups attached to an aromatic ring is 2. The van der Waals surface area contributed by atoms with Crippen LogP contribution in [0.15, 0.2) is 0 Å². The van der Waals surface area contributed by atoms with Crippen LogP contribution in [0, 0.1) is 13.8 Å². The van der Waals surface area contributed by atoms with E-state index in [1.54, 1.807) is 0 Å². The second-order valence-electron chi connectivity index (χ2n) is 4.20. The number of aryl methyl sites for hydroxylation is 2. The molecule has 2 aromatic rings. The summed E-state index contributed by atoms with van der Waals surface area (Å²) >= 11 is 3.05. The van der Waals surface area contributed by atoms with E-state index < -0.39 is 0 Å². The van der Waals surface area contributed by atoms with Crippen molar-refractivity contribution in [2.24, 2.45) is 11.5 Å². The Labute approximate surface area is 127 Å². The van der Waals surface area contributed by atoms with Gasteiger partial charge in [-0.25, -0.2) is 9.97 Å². The molecule has 0 aliphatic carbocycles. The Hall–Kier alpha value is -1.22. The molecule has 8 heteroatoms. The summed E-state index contributed by atoms with van der Waals surface area (Å²) in [5.74, 6) is 0. The Bertz CT molecular complexity index is 486. The van der Waals surface area contributed by atoms with E-state index in [4.69, 9.17) is 22.9 Å². The van der Waals surface area contributed by atoms with E-state index >= 15 is 0 Å².